The van der Waals surface area contributed by atoms with Gasteiger partial charge >= 0.3 is 0 Å². The molecular formula is C14H23N3O3S. The number of nitrogen functional groups attached to an aromatic ring is 1. The van der Waals surface area contributed by atoms with Crippen LogP contribution in [0.15, 0.2) is 12.1 Å². The second-order valence-corrected chi connectivity index (χ2v) is 8.68. The average Bonchev–Trinajstić information content (AvgIpc) is 2.68. The molecule has 2 rings (SSSR count). The molecule has 0 saturated carbocycles. The molecule has 1 aliphatic rings. The third-order valence-electron chi connectivity index (χ3n) is 3.19. The largest absolute Gasteiger partial charge is 0.470 e. The molecule has 1 aromatic rings. The van der Waals surface area contributed by atoms with E-state index in [2.05, 4.69) is 10.3 Å². The van der Waals surface area contributed by atoms with Gasteiger partial charge in [-0.15, -0.1) is 0 Å². The van der Waals surface area contributed by atoms with Crippen LogP contribution in [0.5, 0.6) is 5.88 Å². The Balaban J connectivity index is 1.99. The maximum atomic E-state index is 11.4. The molecule has 2 heterocycles. The zero-order chi connectivity index (χ0) is 15.7. The number of hydrogen-bond acceptors (Lipinski definition) is 6. The van der Waals surface area contributed by atoms with Crippen molar-refractivity contribution in [3.8, 4) is 5.88 Å². The van der Waals surface area contributed by atoms with Crippen molar-refractivity contribution >= 4 is 21.3 Å². The fourth-order valence-electron chi connectivity index (χ4n) is 2.20. The summed E-state index contributed by atoms with van der Waals surface area (Å²) in [6.45, 7) is 6.37. The second-order valence-electron chi connectivity index (χ2n) is 6.46. The molecule has 1 aliphatic heterocycles. The van der Waals surface area contributed by atoms with E-state index < -0.39 is 9.84 Å². The number of aromatic nitrogens is 1. The molecule has 1 aromatic heterocycles. The van der Waals surface area contributed by atoms with Crippen LogP contribution in [0.4, 0.5) is 11.5 Å². The number of rotatable bonds is 4. The van der Waals surface area contributed by atoms with E-state index in [1.165, 1.54) is 0 Å². The van der Waals surface area contributed by atoms with Crippen LogP contribution in [0, 0.1) is 5.92 Å². The highest BCUT2D eigenvalue weighted by atomic mass is 32.2. The summed E-state index contributed by atoms with van der Waals surface area (Å²) in [4.78, 5) is 4.35. The summed E-state index contributed by atoms with van der Waals surface area (Å²) in [6.07, 6.45) is 0.704. The lowest BCUT2D eigenvalue weighted by molar-refractivity contribution is 0.125. The number of nitrogens with zero attached hydrogens (tertiary/aromatic N) is 1. The first kappa shape index (κ1) is 15.9. The van der Waals surface area contributed by atoms with E-state index in [9.17, 15) is 8.42 Å². The molecular weight excluding hydrogens is 290 g/mol. The standard InChI is InChI=1S/C14H23N3O3S/c1-14(2,3)20-13-11(15)4-5-12(17-13)16-8-10-6-7-21(18,19)9-10/h4-5,10H,6-9,15H2,1-3H3,(H,16,17). The summed E-state index contributed by atoms with van der Waals surface area (Å²) in [7, 11) is -2.84. The van der Waals surface area contributed by atoms with Gasteiger partial charge in [0.2, 0.25) is 5.88 Å². The van der Waals surface area contributed by atoms with Gasteiger partial charge in [-0.25, -0.2) is 8.42 Å². The first-order chi connectivity index (χ1) is 9.65. The summed E-state index contributed by atoms with van der Waals surface area (Å²) in [5, 5.41) is 3.17. The van der Waals surface area contributed by atoms with E-state index in [0.29, 0.717) is 30.4 Å². The summed E-state index contributed by atoms with van der Waals surface area (Å²) >= 11 is 0. The molecule has 6 nitrogen and oxygen atoms in total. The first-order valence-electron chi connectivity index (χ1n) is 7.04. The van der Waals surface area contributed by atoms with E-state index in [4.69, 9.17) is 10.5 Å². The molecule has 1 saturated heterocycles. The number of nitrogens with two attached hydrogens (primary N) is 1. The Bertz CT molecular complexity index is 608. The predicted octanol–water partition coefficient (Wildman–Crippen LogP) is 1.69. The van der Waals surface area contributed by atoms with Gasteiger partial charge in [-0.05, 0) is 45.2 Å². The lowest BCUT2D eigenvalue weighted by atomic mass is 10.1. The maximum Gasteiger partial charge on any atom is 0.239 e. The van der Waals surface area contributed by atoms with Gasteiger partial charge in [0.1, 0.15) is 11.4 Å². The van der Waals surface area contributed by atoms with E-state index >= 15 is 0 Å². The van der Waals surface area contributed by atoms with Crippen molar-refractivity contribution < 1.29 is 13.2 Å². The molecule has 118 valence electrons. The summed E-state index contributed by atoms with van der Waals surface area (Å²) in [5.41, 5.74) is 5.97. The Morgan fingerprint density at radius 3 is 2.71 bits per heavy atom. The Kier molecular flexibility index (Phi) is 4.32. The van der Waals surface area contributed by atoms with E-state index in [1.54, 1.807) is 12.1 Å². The molecule has 0 aliphatic carbocycles. The SMILES string of the molecule is CC(C)(C)Oc1nc(NCC2CCS(=O)(=O)C2)ccc1N. The average molecular weight is 313 g/mol. The highest BCUT2D eigenvalue weighted by Gasteiger charge is 2.27. The molecule has 3 N–H and O–H groups in total. The summed E-state index contributed by atoms with van der Waals surface area (Å²) in [6, 6.07) is 3.51. The fourth-order valence-corrected chi connectivity index (χ4v) is 4.07. The van der Waals surface area contributed by atoms with E-state index in [0.717, 1.165) is 0 Å². The van der Waals surface area contributed by atoms with Gasteiger partial charge in [0.25, 0.3) is 0 Å². The molecule has 21 heavy (non-hydrogen) atoms. The molecule has 1 unspecified atom stereocenters. The normalized spacial score (nSPS) is 21.2. The molecule has 0 bridgehead atoms. The van der Waals surface area contributed by atoms with Gasteiger partial charge < -0.3 is 15.8 Å². The lowest BCUT2D eigenvalue weighted by Gasteiger charge is -2.22. The fraction of sp³-hybridized carbons (Fsp3) is 0.643. The maximum absolute atomic E-state index is 11.4. The Labute approximate surface area is 126 Å². The Morgan fingerprint density at radius 2 is 2.14 bits per heavy atom. The predicted molar refractivity (Wildman–Crippen MR) is 84.3 cm³/mol. The highest BCUT2D eigenvalue weighted by Crippen LogP contribution is 2.25. The van der Waals surface area contributed by atoms with Gasteiger partial charge in [-0.2, -0.15) is 4.98 Å². The third-order valence-corrected chi connectivity index (χ3v) is 5.03. The van der Waals surface area contributed by atoms with Crippen LogP contribution < -0.4 is 15.8 Å². The van der Waals surface area contributed by atoms with Crippen molar-refractivity contribution in [1.82, 2.24) is 4.98 Å². The smallest absolute Gasteiger partial charge is 0.239 e. The van der Waals surface area contributed by atoms with Crippen molar-refractivity contribution in [2.24, 2.45) is 5.92 Å². The van der Waals surface area contributed by atoms with Crippen LogP contribution in [-0.2, 0) is 9.84 Å². The summed E-state index contributed by atoms with van der Waals surface area (Å²) in [5.74, 6) is 1.72. The molecule has 0 aromatic carbocycles. The molecule has 1 fully saturated rings. The van der Waals surface area contributed by atoms with Crippen LogP contribution in [0.2, 0.25) is 0 Å². The number of ether oxygens (including phenoxy) is 1. The first-order valence-corrected chi connectivity index (χ1v) is 8.87. The second kappa shape index (κ2) is 5.71. The zero-order valence-electron chi connectivity index (χ0n) is 12.7. The van der Waals surface area contributed by atoms with E-state index in [1.807, 2.05) is 20.8 Å². The summed E-state index contributed by atoms with van der Waals surface area (Å²) < 4.78 is 28.6. The minimum atomic E-state index is -2.84. The number of anilines is 2. The van der Waals surface area contributed by atoms with Crippen molar-refractivity contribution in [1.29, 1.82) is 0 Å². The van der Waals surface area contributed by atoms with Crippen LogP contribution in [0.25, 0.3) is 0 Å². The number of nitrogens with one attached hydrogen (secondary N) is 1. The molecule has 0 radical (unpaired) electrons. The van der Waals surface area contributed by atoms with E-state index in [-0.39, 0.29) is 23.0 Å². The van der Waals surface area contributed by atoms with Crippen molar-refractivity contribution in [2.45, 2.75) is 32.8 Å². The topological polar surface area (TPSA) is 94.3 Å². The Hall–Kier alpha value is -1.50. The zero-order valence-corrected chi connectivity index (χ0v) is 13.5. The van der Waals surface area contributed by atoms with Crippen LogP contribution >= 0.6 is 0 Å². The quantitative estimate of drug-likeness (QED) is 0.878. The van der Waals surface area contributed by atoms with Crippen molar-refractivity contribution in [2.75, 3.05) is 29.1 Å². The number of sulfone groups is 1. The third kappa shape index (κ3) is 4.77. The monoisotopic (exact) mass is 313 g/mol. The van der Waals surface area contributed by atoms with Crippen molar-refractivity contribution in [3.63, 3.8) is 0 Å². The van der Waals surface area contributed by atoms with Crippen LogP contribution in [0.1, 0.15) is 27.2 Å². The van der Waals surface area contributed by atoms with Gasteiger partial charge in [0.05, 0.1) is 17.2 Å². The van der Waals surface area contributed by atoms with Crippen LogP contribution in [-0.4, -0.2) is 37.1 Å². The van der Waals surface area contributed by atoms with Crippen molar-refractivity contribution in [3.05, 3.63) is 12.1 Å². The molecule has 7 heteroatoms. The minimum absolute atomic E-state index is 0.140. The lowest BCUT2D eigenvalue weighted by Crippen LogP contribution is -2.24. The highest BCUT2D eigenvalue weighted by molar-refractivity contribution is 7.91. The minimum Gasteiger partial charge on any atom is -0.470 e. The van der Waals surface area contributed by atoms with Crippen LogP contribution in [0.3, 0.4) is 0 Å². The molecule has 0 spiro atoms. The van der Waals surface area contributed by atoms with Gasteiger partial charge in [-0.1, -0.05) is 0 Å². The number of hydrogen-bond donors (Lipinski definition) is 2. The van der Waals surface area contributed by atoms with Gasteiger partial charge in [0, 0.05) is 6.54 Å². The molecule has 0 amide bonds. The number of pyridine rings is 1. The van der Waals surface area contributed by atoms with Gasteiger partial charge in [0.15, 0.2) is 9.84 Å². The molecule has 1 atom stereocenters. The van der Waals surface area contributed by atoms with Gasteiger partial charge in [-0.3, -0.25) is 0 Å². The Morgan fingerprint density at radius 1 is 1.43 bits per heavy atom.